The van der Waals surface area contributed by atoms with E-state index in [0.717, 1.165) is 38.3 Å². The van der Waals surface area contributed by atoms with E-state index < -0.39 is 5.97 Å². The molecule has 0 radical (unpaired) electrons. The topological polar surface area (TPSA) is 40.5 Å². The summed E-state index contributed by atoms with van der Waals surface area (Å²) < 4.78 is 0. The number of hydrogen-bond acceptors (Lipinski definition) is 2. The maximum Gasteiger partial charge on any atom is 0.308 e. The van der Waals surface area contributed by atoms with Crippen LogP contribution in [0, 0.1) is 17.8 Å². The van der Waals surface area contributed by atoms with Crippen LogP contribution in [-0.2, 0) is 4.79 Å². The molecule has 1 aliphatic heterocycles. The van der Waals surface area contributed by atoms with Gasteiger partial charge >= 0.3 is 5.97 Å². The highest BCUT2D eigenvalue weighted by atomic mass is 16.4. The molecule has 2 aliphatic rings. The number of likely N-dealkylation sites (tertiary alicyclic amines) is 1. The number of hydrogen-bond donors (Lipinski definition) is 1. The summed E-state index contributed by atoms with van der Waals surface area (Å²) in [5.74, 6) is 0.851. The van der Waals surface area contributed by atoms with Crippen LogP contribution in [0.15, 0.2) is 0 Å². The smallest absolute Gasteiger partial charge is 0.308 e. The zero-order valence-corrected chi connectivity index (χ0v) is 11.8. The lowest BCUT2D eigenvalue weighted by Gasteiger charge is -2.43. The lowest BCUT2D eigenvalue weighted by atomic mass is 9.77. The number of carboxylic acid groups (broad SMARTS) is 1. The molecule has 0 bridgehead atoms. The summed E-state index contributed by atoms with van der Waals surface area (Å²) in [7, 11) is 0. The normalized spacial score (nSPS) is 35.6. The first kappa shape index (κ1) is 13.9. The predicted octanol–water partition coefficient (Wildman–Crippen LogP) is 3.00. The molecule has 104 valence electrons. The van der Waals surface area contributed by atoms with Crippen molar-refractivity contribution in [2.75, 3.05) is 13.1 Å². The van der Waals surface area contributed by atoms with Crippen LogP contribution in [-0.4, -0.2) is 35.1 Å². The van der Waals surface area contributed by atoms with Crippen molar-refractivity contribution in [2.45, 2.75) is 58.4 Å². The van der Waals surface area contributed by atoms with Crippen LogP contribution in [0.2, 0.25) is 0 Å². The van der Waals surface area contributed by atoms with Crippen molar-refractivity contribution in [3.63, 3.8) is 0 Å². The van der Waals surface area contributed by atoms with E-state index in [9.17, 15) is 9.90 Å². The van der Waals surface area contributed by atoms with Gasteiger partial charge < -0.3 is 5.11 Å². The first-order valence-corrected chi connectivity index (χ1v) is 7.58. The number of aliphatic carboxylic acids is 1. The molecule has 3 nitrogen and oxygen atoms in total. The van der Waals surface area contributed by atoms with Crippen molar-refractivity contribution in [3.05, 3.63) is 0 Å². The molecule has 2 fully saturated rings. The van der Waals surface area contributed by atoms with E-state index in [1.807, 2.05) is 0 Å². The van der Waals surface area contributed by atoms with E-state index >= 15 is 0 Å². The Balaban J connectivity index is 1.98. The maximum atomic E-state index is 11.4. The van der Waals surface area contributed by atoms with E-state index in [2.05, 4.69) is 18.7 Å². The van der Waals surface area contributed by atoms with Crippen LogP contribution < -0.4 is 0 Å². The van der Waals surface area contributed by atoms with E-state index in [1.54, 1.807) is 0 Å². The Hall–Kier alpha value is -0.570. The molecule has 0 aromatic heterocycles. The highest BCUT2D eigenvalue weighted by molar-refractivity contribution is 5.71. The molecule has 1 saturated carbocycles. The number of piperidine rings is 1. The molecule has 1 saturated heterocycles. The van der Waals surface area contributed by atoms with Gasteiger partial charge in [-0.2, -0.15) is 0 Å². The molecule has 18 heavy (non-hydrogen) atoms. The van der Waals surface area contributed by atoms with Crippen LogP contribution in [0.5, 0.6) is 0 Å². The average Bonchev–Trinajstić information content (AvgIpc) is 2.38. The Morgan fingerprint density at radius 2 is 1.89 bits per heavy atom. The quantitative estimate of drug-likeness (QED) is 0.840. The molecule has 3 atom stereocenters. The minimum atomic E-state index is -0.579. The van der Waals surface area contributed by atoms with Crippen molar-refractivity contribution in [1.82, 2.24) is 4.90 Å². The fraction of sp³-hybridized carbons (Fsp3) is 0.933. The first-order chi connectivity index (χ1) is 8.61. The Morgan fingerprint density at radius 1 is 1.22 bits per heavy atom. The Labute approximate surface area is 111 Å². The lowest BCUT2D eigenvalue weighted by Crippen LogP contribution is -2.49. The minimum Gasteiger partial charge on any atom is -0.481 e. The molecular weight excluding hydrogens is 226 g/mol. The van der Waals surface area contributed by atoms with Crippen LogP contribution in [0.1, 0.15) is 52.4 Å². The Morgan fingerprint density at radius 3 is 2.44 bits per heavy atom. The van der Waals surface area contributed by atoms with Crippen molar-refractivity contribution < 1.29 is 9.90 Å². The van der Waals surface area contributed by atoms with E-state index in [-0.39, 0.29) is 5.92 Å². The Bertz CT molecular complexity index is 284. The largest absolute Gasteiger partial charge is 0.481 e. The summed E-state index contributed by atoms with van der Waals surface area (Å²) in [4.78, 5) is 13.9. The molecule has 1 N–H and O–H groups in total. The van der Waals surface area contributed by atoms with Crippen LogP contribution in [0.3, 0.4) is 0 Å². The molecule has 0 aromatic rings. The van der Waals surface area contributed by atoms with Gasteiger partial charge in [-0.1, -0.05) is 20.3 Å². The second kappa shape index (κ2) is 6.05. The second-order valence-electron chi connectivity index (χ2n) is 6.32. The number of carbonyl (C=O) groups is 1. The average molecular weight is 253 g/mol. The summed E-state index contributed by atoms with van der Waals surface area (Å²) in [6.45, 7) is 6.76. The summed E-state index contributed by atoms with van der Waals surface area (Å²) in [6, 6.07) is 0.295. The molecule has 2 rings (SSSR count). The SMILES string of the molecule is CCC1CCN(C2CC(C)CCC2C(=O)O)CC1. The van der Waals surface area contributed by atoms with Gasteiger partial charge in [0.25, 0.3) is 0 Å². The van der Waals surface area contributed by atoms with Crippen LogP contribution in [0.25, 0.3) is 0 Å². The molecule has 0 amide bonds. The zero-order valence-electron chi connectivity index (χ0n) is 11.8. The van der Waals surface area contributed by atoms with Gasteiger partial charge in [0.2, 0.25) is 0 Å². The fourth-order valence-electron chi connectivity index (χ4n) is 3.74. The Kier molecular flexibility index (Phi) is 4.66. The van der Waals surface area contributed by atoms with Crippen LogP contribution >= 0.6 is 0 Å². The second-order valence-corrected chi connectivity index (χ2v) is 6.32. The maximum absolute atomic E-state index is 11.4. The van der Waals surface area contributed by atoms with Gasteiger partial charge in [-0.05, 0) is 57.0 Å². The van der Waals surface area contributed by atoms with Gasteiger partial charge in [-0.15, -0.1) is 0 Å². The molecule has 1 aliphatic carbocycles. The third-order valence-corrected chi connectivity index (χ3v) is 5.09. The van der Waals surface area contributed by atoms with Crippen LogP contribution in [0.4, 0.5) is 0 Å². The van der Waals surface area contributed by atoms with Crippen molar-refractivity contribution in [2.24, 2.45) is 17.8 Å². The molecule has 0 spiro atoms. The molecule has 3 unspecified atom stereocenters. The highest BCUT2D eigenvalue weighted by Gasteiger charge is 2.38. The summed E-state index contributed by atoms with van der Waals surface area (Å²) >= 11 is 0. The third kappa shape index (κ3) is 3.05. The zero-order chi connectivity index (χ0) is 13.1. The van der Waals surface area contributed by atoms with Crippen molar-refractivity contribution in [1.29, 1.82) is 0 Å². The molecule has 0 aromatic carbocycles. The van der Waals surface area contributed by atoms with Gasteiger partial charge in [0.1, 0.15) is 0 Å². The highest BCUT2D eigenvalue weighted by Crippen LogP contribution is 2.34. The predicted molar refractivity (Wildman–Crippen MR) is 72.5 cm³/mol. The van der Waals surface area contributed by atoms with Gasteiger partial charge in [-0.25, -0.2) is 0 Å². The van der Waals surface area contributed by atoms with Crippen molar-refractivity contribution >= 4 is 5.97 Å². The standard InChI is InChI=1S/C15H27NO2/c1-3-12-6-8-16(9-7-12)14-10-11(2)4-5-13(14)15(17)18/h11-14H,3-10H2,1-2H3,(H,17,18). The monoisotopic (exact) mass is 253 g/mol. The third-order valence-electron chi connectivity index (χ3n) is 5.09. The molecule has 3 heteroatoms. The summed E-state index contributed by atoms with van der Waals surface area (Å²) in [6.07, 6.45) is 6.82. The number of carboxylic acids is 1. The van der Waals surface area contributed by atoms with Crippen molar-refractivity contribution in [3.8, 4) is 0 Å². The van der Waals surface area contributed by atoms with E-state index in [4.69, 9.17) is 0 Å². The number of nitrogens with zero attached hydrogens (tertiary/aromatic N) is 1. The summed E-state index contributed by atoms with van der Waals surface area (Å²) in [5, 5.41) is 9.40. The number of rotatable bonds is 3. The van der Waals surface area contributed by atoms with Gasteiger partial charge in [0.05, 0.1) is 5.92 Å². The minimum absolute atomic E-state index is 0.126. The lowest BCUT2D eigenvalue weighted by molar-refractivity contribution is -0.146. The molecular formula is C15H27NO2. The van der Waals surface area contributed by atoms with E-state index in [0.29, 0.717) is 12.0 Å². The van der Waals surface area contributed by atoms with E-state index in [1.165, 1.54) is 19.3 Å². The summed E-state index contributed by atoms with van der Waals surface area (Å²) in [5.41, 5.74) is 0. The van der Waals surface area contributed by atoms with Gasteiger partial charge in [-0.3, -0.25) is 9.69 Å². The fourth-order valence-corrected chi connectivity index (χ4v) is 3.74. The first-order valence-electron chi connectivity index (χ1n) is 7.58. The molecule has 1 heterocycles. The van der Waals surface area contributed by atoms with Gasteiger partial charge in [0.15, 0.2) is 0 Å². The van der Waals surface area contributed by atoms with Gasteiger partial charge in [0, 0.05) is 6.04 Å².